The number of aromatic nitrogens is 1. The van der Waals surface area contributed by atoms with E-state index in [-0.39, 0.29) is 42.6 Å². The molecule has 7 rings (SSSR count). The highest BCUT2D eigenvalue weighted by atomic mass is 35.5. The third-order valence-corrected chi connectivity index (χ3v) is 10.8. The molecule has 6 saturated carbocycles. The number of carbonyl (C=O) groups excluding carboxylic acids is 2. The van der Waals surface area contributed by atoms with E-state index in [4.69, 9.17) is 15.0 Å². The first kappa shape index (κ1) is 27.1. The van der Waals surface area contributed by atoms with E-state index in [1.54, 1.807) is 11.8 Å². The second-order valence-corrected chi connectivity index (χ2v) is 13.4. The van der Waals surface area contributed by atoms with Gasteiger partial charge in [-0.05, 0) is 86.6 Å². The highest BCUT2D eigenvalue weighted by Gasteiger charge is 2.51. The summed E-state index contributed by atoms with van der Waals surface area (Å²) in [5, 5.41) is 10.9. The number of halogens is 1. The lowest BCUT2D eigenvalue weighted by atomic mass is 9.54. The average molecular weight is 553 g/mol. The summed E-state index contributed by atoms with van der Waals surface area (Å²) in [6, 6.07) is 0.244. The van der Waals surface area contributed by atoms with Crippen molar-refractivity contribution in [3.63, 3.8) is 0 Å². The molecule has 8 nitrogen and oxygen atoms in total. The third-order valence-electron chi connectivity index (χ3n) is 9.44. The maximum Gasteiger partial charge on any atom is 0.291 e. The highest BCUT2D eigenvalue weighted by Crippen LogP contribution is 2.54. The van der Waals surface area contributed by atoms with Gasteiger partial charge in [-0.15, -0.1) is 24.2 Å². The first-order valence-electron chi connectivity index (χ1n) is 14.1. The summed E-state index contributed by atoms with van der Waals surface area (Å²) in [7, 11) is 0. The summed E-state index contributed by atoms with van der Waals surface area (Å²) >= 11 is 1.68. The van der Waals surface area contributed by atoms with Gasteiger partial charge < -0.3 is 25.6 Å². The van der Waals surface area contributed by atoms with Gasteiger partial charge in [0.25, 0.3) is 11.8 Å². The number of hydrogen-bond donors (Lipinski definition) is 3. The molecule has 6 aliphatic rings. The number of rotatable bonds is 10. The van der Waals surface area contributed by atoms with Crippen molar-refractivity contribution in [2.45, 2.75) is 93.2 Å². The molecule has 10 heteroatoms. The van der Waals surface area contributed by atoms with E-state index >= 15 is 0 Å². The van der Waals surface area contributed by atoms with E-state index in [1.807, 2.05) is 0 Å². The van der Waals surface area contributed by atoms with Gasteiger partial charge in [-0.1, -0.05) is 19.3 Å². The number of hydrogen-bond acceptors (Lipinski definition) is 7. The average Bonchev–Trinajstić information content (AvgIpc) is 3.57. The van der Waals surface area contributed by atoms with Crippen molar-refractivity contribution in [1.82, 2.24) is 15.8 Å². The Morgan fingerprint density at radius 2 is 1.73 bits per heavy atom. The van der Waals surface area contributed by atoms with Gasteiger partial charge >= 0.3 is 0 Å². The summed E-state index contributed by atoms with van der Waals surface area (Å²) in [5.74, 6) is 3.39. The number of carbonyl (C=O) groups is 2. The lowest BCUT2D eigenvalue weighted by Gasteiger charge is -2.54. The molecule has 0 radical (unpaired) electrons. The maximum absolute atomic E-state index is 13.6. The minimum absolute atomic E-state index is 0. The Kier molecular flexibility index (Phi) is 8.32. The summed E-state index contributed by atoms with van der Waals surface area (Å²) in [6.45, 7) is 1.11. The van der Waals surface area contributed by atoms with Gasteiger partial charge in [0, 0.05) is 24.4 Å². The van der Waals surface area contributed by atoms with Crippen molar-refractivity contribution >= 4 is 36.0 Å². The van der Waals surface area contributed by atoms with Crippen molar-refractivity contribution in [2.75, 3.05) is 19.7 Å². The van der Waals surface area contributed by atoms with E-state index in [1.165, 1.54) is 51.4 Å². The van der Waals surface area contributed by atoms with Crippen molar-refractivity contribution in [3.05, 3.63) is 5.76 Å². The lowest BCUT2D eigenvalue weighted by molar-refractivity contribution is -0.127. The minimum Gasteiger partial charge on any atom is -0.474 e. The van der Waals surface area contributed by atoms with Gasteiger partial charge in [0.2, 0.25) is 11.7 Å². The first-order chi connectivity index (χ1) is 17.5. The zero-order valence-electron chi connectivity index (χ0n) is 21.5. The maximum atomic E-state index is 13.6. The summed E-state index contributed by atoms with van der Waals surface area (Å²) < 4.78 is 11.8. The fourth-order valence-electron chi connectivity index (χ4n) is 7.50. The van der Waals surface area contributed by atoms with E-state index in [9.17, 15) is 9.59 Å². The molecule has 37 heavy (non-hydrogen) atoms. The molecule has 1 aromatic rings. The molecular weight excluding hydrogens is 512 g/mol. The van der Waals surface area contributed by atoms with E-state index in [0.717, 1.165) is 37.5 Å². The molecule has 0 aliphatic heterocycles. The van der Waals surface area contributed by atoms with Crippen LogP contribution in [0.5, 0.6) is 5.88 Å². The van der Waals surface area contributed by atoms with Crippen LogP contribution in [-0.2, 0) is 4.79 Å². The molecule has 4 bridgehead atoms. The number of thioether (sulfide) groups is 1. The topological polar surface area (TPSA) is 119 Å². The van der Waals surface area contributed by atoms with Gasteiger partial charge in [-0.3, -0.25) is 9.59 Å². The van der Waals surface area contributed by atoms with Crippen molar-refractivity contribution in [1.29, 1.82) is 0 Å². The SMILES string of the molecule is Cl.NCCNC(=O)C1(COc2noc(C(=O)NC3C4CC5CC(C4)CC3C5)c2SC2CCCCC2)CC1. The molecule has 6 fully saturated rings. The summed E-state index contributed by atoms with van der Waals surface area (Å²) in [6.07, 6.45) is 13.9. The number of nitrogens with two attached hydrogens (primary N) is 1. The minimum atomic E-state index is -0.524. The predicted octanol–water partition coefficient (Wildman–Crippen LogP) is 4.31. The molecule has 0 unspecified atom stereocenters. The van der Waals surface area contributed by atoms with Crippen LogP contribution < -0.4 is 21.1 Å². The molecule has 2 amide bonds. The molecular formula is C27H41ClN4O4S. The quantitative estimate of drug-likeness (QED) is 0.395. The van der Waals surface area contributed by atoms with E-state index in [2.05, 4.69) is 15.8 Å². The summed E-state index contributed by atoms with van der Waals surface area (Å²) in [4.78, 5) is 26.9. The van der Waals surface area contributed by atoms with Crippen molar-refractivity contribution < 1.29 is 18.8 Å². The standard InChI is InChI=1S/C27H40N4O4S.ClH/c28-8-9-29-26(33)27(6-7-27)15-34-25-23(36-20-4-2-1-3-5-20)22(35-31-25)24(32)30-21-18-11-16-10-17(13-18)14-19(21)12-16;/h16-21H,1-15,28H2,(H,29,33)(H,30,32);1H. The Labute approximate surface area is 229 Å². The lowest BCUT2D eigenvalue weighted by Crippen LogP contribution is -2.55. The second kappa shape index (κ2) is 11.3. The molecule has 206 valence electrons. The number of nitrogens with one attached hydrogen (secondary N) is 2. The van der Waals surface area contributed by atoms with Gasteiger partial charge in [0.05, 0.1) is 5.41 Å². The number of nitrogens with zero attached hydrogens (tertiary/aromatic N) is 1. The van der Waals surface area contributed by atoms with E-state index in [0.29, 0.717) is 41.0 Å². The van der Waals surface area contributed by atoms with Crippen molar-refractivity contribution in [2.24, 2.45) is 34.8 Å². The molecule has 0 aromatic carbocycles. The van der Waals surface area contributed by atoms with Crippen LogP contribution in [0.1, 0.15) is 87.6 Å². The predicted molar refractivity (Wildman–Crippen MR) is 144 cm³/mol. The second-order valence-electron chi connectivity index (χ2n) is 12.1. The van der Waals surface area contributed by atoms with Crippen LogP contribution in [-0.4, -0.2) is 48.0 Å². The molecule has 0 spiro atoms. The summed E-state index contributed by atoms with van der Waals surface area (Å²) in [5.41, 5.74) is 5.02. The van der Waals surface area contributed by atoms with Crippen molar-refractivity contribution in [3.8, 4) is 5.88 Å². The molecule has 6 aliphatic carbocycles. The molecule has 0 atom stereocenters. The van der Waals surface area contributed by atoms with Crippen LogP contribution in [0.25, 0.3) is 0 Å². The number of ether oxygens (including phenoxy) is 1. The smallest absolute Gasteiger partial charge is 0.291 e. The fraction of sp³-hybridized carbons (Fsp3) is 0.815. The Balaban J connectivity index is 0.00000280. The van der Waals surface area contributed by atoms with Crippen LogP contribution in [0, 0.1) is 29.1 Å². The first-order valence-corrected chi connectivity index (χ1v) is 15.0. The monoisotopic (exact) mass is 552 g/mol. The van der Waals surface area contributed by atoms with Gasteiger partial charge in [-0.2, -0.15) is 0 Å². The van der Waals surface area contributed by atoms with Crippen LogP contribution in [0.15, 0.2) is 9.42 Å². The fourth-order valence-corrected chi connectivity index (χ4v) is 8.84. The third kappa shape index (κ3) is 5.64. The van der Waals surface area contributed by atoms with Gasteiger partial charge in [-0.25, -0.2) is 0 Å². The Morgan fingerprint density at radius 1 is 1.05 bits per heavy atom. The highest BCUT2D eigenvalue weighted by molar-refractivity contribution is 8.00. The van der Waals surface area contributed by atoms with Crippen LogP contribution in [0.3, 0.4) is 0 Å². The Hall–Kier alpha value is -1.45. The molecule has 4 N–H and O–H groups in total. The zero-order valence-corrected chi connectivity index (χ0v) is 23.2. The van der Waals surface area contributed by atoms with Crippen LogP contribution in [0.4, 0.5) is 0 Å². The van der Waals surface area contributed by atoms with Crippen LogP contribution in [0.2, 0.25) is 0 Å². The molecule has 1 heterocycles. The number of amides is 2. The molecule has 0 saturated heterocycles. The molecule has 1 aromatic heterocycles. The Bertz CT molecular complexity index is 950. The van der Waals surface area contributed by atoms with Gasteiger partial charge in [0.15, 0.2) is 0 Å². The largest absolute Gasteiger partial charge is 0.474 e. The van der Waals surface area contributed by atoms with Crippen LogP contribution >= 0.6 is 24.2 Å². The normalized spacial score (nSPS) is 31.4. The van der Waals surface area contributed by atoms with Gasteiger partial charge in [0.1, 0.15) is 11.5 Å². The Morgan fingerprint density at radius 3 is 2.35 bits per heavy atom. The zero-order chi connectivity index (χ0) is 24.7. The van der Waals surface area contributed by atoms with E-state index < -0.39 is 5.41 Å².